The van der Waals surface area contributed by atoms with Crippen LogP contribution in [0.4, 0.5) is 0 Å². The van der Waals surface area contributed by atoms with Crippen LogP contribution in [0.25, 0.3) is 11.4 Å². The summed E-state index contributed by atoms with van der Waals surface area (Å²) in [5, 5.41) is 7.21. The number of amides is 1. The van der Waals surface area contributed by atoms with Crippen molar-refractivity contribution in [3.05, 3.63) is 59.9 Å². The number of aromatic amines is 1. The number of likely N-dealkylation sites (tertiary alicyclic amines) is 1. The van der Waals surface area contributed by atoms with Crippen molar-refractivity contribution in [3.8, 4) is 22.9 Å². The predicted molar refractivity (Wildman–Crippen MR) is 134 cm³/mol. The Bertz CT molecular complexity index is 1260. The number of nitrogens with zero attached hydrogens (tertiary/aromatic N) is 3. The van der Waals surface area contributed by atoms with E-state index >= 15 is 0 Å². The number of piperidine rings is 1. The molecular weight excluding hydrogens is 456 g/mol. The van der Waals surface area contributed by atoms with Crippen molar-refractivity contribution in [3.63, 3.8) is 0 Å². The Morgan fingerprint density at radius 1 is 1.14 bits per heavy atom. The highest BCUT2D eigenvalue weighted by atomic mass is 16.5. The molecule has 0 aliphatic carbocycles. The lowest BCUT2D eigenvalue weighted by molar-refractivity contribution is -0.173. The van der Waals surface area contributed by atoms with Crippen LogP contribution in [0.1, 0.15) is 55.3 Å². The van der Waals surface area contributed by atoms with Gasteiger partial charge in [0.1, 0.15) is 17.0 Å². The van der Waals surface area contributed by atoms with Crippen LogP contribution in [0.3, 0.4) is 0 Å². The number of rotatable bonds is 3. The first-order chi connectivity index (χ1) is 17.4. The van der Waals surface area contributed by atoms with Gasteiger partial charge in [0.2, 0.25) is 0 Å². The van der Waals surface area contributed by atoms with Crippen molar-refractivity contribution in [2.24, 2.45) is 11.3 Å². The molecule has 2 saturated heterocycles. The molecule has 3 aliphatic heterocycles. The number of hydrogen-bond acceptors (Lipinski definition) is 6. The molecule has 8 heteroatoms. The van der Waals surface area contributed by atoms with Crippen LogP contribution in [-0.2, 0) is 4.74 Å². The zero-order chi connectivity index (χ0) is 24.9. The smallest absolute Gasteiger partial charge is 0.271 e. The van der Waals surface area contributed by atoms with E-state index in [9.17, 15) is 4.79 Å². The van der Waals surface area contributed by atoms with Gasteiger partial charge in [-0.25, -0.2) is 0 Å². The number of nitrogens with one attached hydrogen (secondary N) is 1. The average molecular weight is 489 g/mol. The number of H-pyrrole nitrogens is 1. The van der Waals surface area contributed by atoms with E-state index in [2.05, 4.69) is 35.1 Å². The summed E-state index contributed by atoms with van der Waals surface area (Å²) in [5.74, 6) is 1.75. The van der Waals surface area contributed by atoms with Gasteiger partial charge < -0.3 is 19.1 Å². The van der Waals surface area contributed by atoms with E-state index in [1.165, 1.54) is 0 Å². The molecule has 1 amide bonds. The number of para-hydroxylation sites is 1. The summed E-state index contributed by atoms with van der Waals surface area (Å²) < 4.78 is 18.7. The third kappa shape index (κ3) is 3.84. The van der Waals surface area contributed by atoms with Crippen molar-refractivity contribution in [2.45, 2.75) is 44.8 Å². The summed E-state index contributed by atoms with van der Waals surface area (Å²) in [5.41, 5.74) is 2.65. The fourth-order valence-electron chi connectivity index (χ4n) is 6.08. The monoisotopic (exact) mass is 488 g/mol. The fourth-order valence-corrected chi connectivity index (χ4v) is 6.08. The molecule has 6 rings (SSSR count). The molecule has 0 saturated carbocycles. The lowest BCUT2D eigenvalue weighted by Gasteiger charge is -2.54. The molecule has 3 aromatic rings. The van der Waals surface area contributed by atoms with Gasteiger partial charge in [-0.1, -0.05) is 18.2 Å². The molecule has 2 aromatic heterocycles. The molecule has 188 valence electrons. The number of carbonyl (C=O) groups is 1. The van der Waals surface area contributed by atoms with Gasteiger partial charge in [-0.2, -0.15) is 5.10 Å². The van der Waals surface area contributed by atoms with E-state index < -0.39 is 0 Å². The number of pyridine rings is 1. The first-order valence-corrected chi connectivity index (χ1v) is 12.6. The van der Waals surface area contributed by atoms with E-state index in [0.717, 1.165) is 42.0 Å². The SMILES string of the molecule is COc1cccc2c1OC(C)(C)[C@H]1CC3(CCN(C(=O)c4cc(-c5ccccn5)n[nH]4)CC3)CO[C@H]21. The second-order valence-corrected chi connectivity index (χ2v) is 10.8. The lowest BCUT2D eigenvalue weighted by atomic mass is 9.64. The molecule has 2 fully saturated rings. The zero-order valence-electron chi connectivity index (χ0n) is 21.0. The number of benzene rings is 1. The molecule has 36 heavy (non-hydrogen) atoms. The minimum absolute atomic E-state index is 0.0147. The quantitative estimate of drug-likeness (QED) is 0.577. The first kappa shape index (κ1) is 23.0. The van der Waals surface area contributed by atoms with Gasteiger partial charge >= 0.3 is 0 Å². The summed E-state index contributed by atoms with van der Waals surface area (Å²) >= 11 is 0. The van der Waals surface area contributed by atoms with Crippen LogP contribution in [0.15, 0.2) is 48.7 Å². The van der Waals surface area contributed by atoms with Crippen molar-refractivity contribution in [2.75, 3.05) is 26.8 Å². The van der Waals surface area contributed by atoms with Crippen molar-refractivity contribution >= 4 is 5.91 Å². The Balaban J connectivity index is 1.15. The summed E-state index contributed by atoms with van der Waals surface area (Å²) in [6.07, 6.45) is 4.53. The molecule has 0 bridgehead atoms. The van der Waals surface area contributed by atoms with Crippen LogP contribution in [-0.4, -0.2) is 58.4 Å². The molecule has 3 aliphatic rings. The highest BCUT2D eigenvalue weighted by molar-refractivity contribution is 5.93. The standard InChI is InChI=1S/C28H32N4O4/c1-27(2)19-16-28(17-35-24(19)18-7-6-9-23(34-3)25(18)36-27)10-13-32(14-11-28)26(33)22-15-21(30-31-22)20-8-4-5-12-29-20/h4-9,12,15,19,24H,10-11,13-14,16-17H2,1-3H3,(H,30,31)/t19-,24+/m0/s1. The third-order valence-electron chi connectivity index (χ3n) is 8.23. The molecule has 0 unspecified atom stereocenters. The normalized spacial score (nSPS) is 23.9. The molecule has 2 atom stereocenters. The van der Waals surface area contributed by atoms with Crippen LogP contribution < -0.4 is 9.47 Å². The van der Waals surface area contributed by atoms with Gasteiger partial charge in [0.25, 0.3) is 5.91 Å². The lowest BCUT2D eigenvalue weighted by Crippen LogP contribution is -2.54. The number of hydrogen-bond donors (Lipinski definition) is 1. The largest absolute Gasteiger partial charge is 0.493 e. The predicted octanol–water partition coefficient (Wildman–Crippen LogP) is 4.65. The first-order valence-electron chi connectivity index (χ1n) is 12.6. The van der Waals surface area contributed by atoms with Crippen LogP contribution in [0, 0.1) is 11.3 Å². The Labute approximate surface area is 211 Å². The topological polar surface area (TPSA) is 89.6 Å². The highest BCUT2D eigenvalue weighted by Gasteiger charge is 2.53. The summed E-state index contributed by atoms with van der Waals surface area (Å²) in [6, 6.07) is 13.5. The Hall–Kier alpha value is -3.39. The molecule has 1 N–H and O–H groups in total. The summed E-state index contributed by atoms with van der Waals surface area (Å²) in [4.78, 5) is 19.5. The molecule has 1 spiro atoms. The van der Waals surface area contributed by atoms with Gasteiger partial charge in [0.15, 0.2) is 11.5 Å². The maximum absolute atomic E-state index is 13.2. The second kappa shape index (κ2) is 8.62. The fraction of sp³-hybridized carbons (Fsp3) is 0.464. The van der Waals surface area contributed by atoms with Gasteiger partial charge in [-0.05, 0) is 62.8 Å². The Morgan fingerprint density at radius 3 is 2.72 bits per heavy atom. The minimum atomic E-state index is -0.384. The number of fused-ring (bicyclic) bond motifs is 3. The molecule has 8 nitrogen and oxygen atoms in total. The van der Waals surface area contributed by atoms with Gasteiger partial charge in [-0.3, -0.25) is 14.9 Å². The molecule has 5 heterocycles. The Kier molecular flexibility index (Phi) is 5.52. The van der Waals surface area contributed by atoms with Crippen molar-refractivity contribution in [1.82, 2.24) is 20.1 Å². The van der Waals surface area contributed by atoms with Crippen LogP contribution >= 0.6 is 0 Å². The number of aromatic nitrogens is 3. The number of ether oxygens (including phenoxy) is 3. The van der Waals surface area contributed by atoms with Gasteiger partial charge in [0.05, 0.1) is 25.5 Å². The molecular formula is C28H32N4O4. The number of carbonyl (C=O) groups excluding carboxylic acids is 1. The van der Waals surface area contributed by atoms with Crippen LogP contribution in [0.2, 0.25) is 0 Å². The van der Waals surface area contributed by atoms with Gasteiger partial charge in [0, 0.05) is 30.8 Å². The van der Waals surface area contributed by atoms with E-state index in [1.807, 2.05) is 35.2 Å². The van der Waals surface area contributed by atoms with E-state index in [4.69, 9.17) is 14.2 Å². The molecule has 0 radical (unpaired) electrons. The van der Waals surface area contributed by atoms with E-state index in [1.54, 1.807) is 19.4 Å². The summed E-state index contributed by atoms with van der Waals surface area (Å²) in [7, 11) is 1.67. The minimum Gasteiger partial charge on any atom is -0.493 e. The van der Waals surface area contributed by atoms with Gasteiger partial charge in [-0.15, -0.1) is 0 Å². The molecule has 1 aromatic carbocycles. The zero-order valence-corrected chi connectivity index (χ0v) is 21.0. The van der Waals surface area contributed by atoms with Crippen molar-refractivity contribution in [1.29, 1.82) is 0 Å². The van der Waals surface area contributed by atoms with Crippen molar-refractivity contribution < 1.29 is 19.0 Å². The maximum Gasteiger partial charge on any atom is 0.271 e. The second-order valence-electron chi connectivity index (χ2n) is 10.8. The van der Waals surface area contributed by atoms with E-state index in [0.29, 0.717) is 31.1 Å². The van der Waals surface area contributed by atoms with E-state index in [-0.39, 0.29) is 28.9 Å². The Morgan fingerprint density at radius 2 is 1.97 bits per heavy atom. The number of methoxy groups -OCH3 is 1. The van der Waals surface area contributed by atoms with Crippen LogP contribution in [0.5, 0.6) is 11.5 Å². The maximum atomic E-state index is 13.2. The highest BCUT2D eigenvalue weighted by Crippen LogP contribution is 2.57. The average Bonchev–Trinajstić information content (AvgIpc) is 3.40. The summed E-state index contributed by atoms with van der Waals surface area (Å²) in [6.45, 7) is 6.39. The third-order valence-corrected chi connectivity index (χ3v) is 8.23.